The van der Waals surface area contributed by atoms with Gasteiger partial charge in [0.15, 0.2) is 0 Å². The van der Waals surface area contributed by atoms with Crippen molar-refractivity contribution in [3.63, 3.8) is 0 Å². The molecule has 0 bridgehead atoms. The molecule has 0 atom stereocenters. The zero-order valence-electron chi connectivity index (χ0n) is 14.7. The first-order chi connectivity index (χ1) is 13.3. The first kappa shape index (κ1) is 15.6. The van der Waals surface area contributed by atoms with Crippen LogP contribution in [0.15, 0.2) is 97.1 Å². The first-order valence-electron chi connectivity index (χ1n) is 8.99. The molecule has 2 heteroatoms. The van der Waals surface area contributed by atoms with Crippen molar-refractivity contribution in [1.29, 1.82) is 0 Å². The molecule has 5 rings (SSSR count). The van der Waals surface area contributed by atoms with Gasteiger partial charge in [-0.2, -0.15) is 0 Å². The van der Waals surface area contributed by atoms with Gasteiger partial charge in [-0.1, -0.05) is 60.7 Å². The van der Waals surface area contributed by atoms with Gasteiger partial charge in [-0.3, -0.25) is 4.79 Å². The topological polar surface area (TPSA) is 22.0 Å². The Morgan fingerprint density at radius 1 is 0.630 bits per heavy atom. The van der Waals surface area contributed by atoms with Gasteiger partial charge in [0.2, 0.25) is 0 Å². The second-order valence-corrected chi connectivity index (χ2v) is 6.70. The first-order valence-corrected chi connectivity index (χ1v) is 8.99. The third-order valence-electron chi connectivity index (χ3n) is 5.02. The molecule has 0 saturated carbocycles. The van der Waals surface area contributed by atoms with E-state index in [9.17, 15) is 4.79 Å². The van der Waals surface area contributed by atoms with E-state index in [1.54, 1.807) is 0 Å². The van der Waals surface area contributed by atoms with E-state index in [-0.39, 0.29) is 0 Å². The number of hydrogen-bond acceptors (Lipinski definition) is 1. The average molecular weight is 347 g/mol. The molecule has 1 heterocycles. The lowest BCUT2D eigenvalue weighted by Gasteiger charge is -2.12. The number of benzene rings is 4. The van der Waals surface area contributed by atoms with Crippen LogP contribution in [-0.2, 0) is 0 Å². The SMILES string of the molecule is O=Cc1ccc2cc(-c3cc4ccccc4n3-c3ccccc3)ccc2c1. The molecule has 0 saturated heterocycles. The second kappa shape index (κ2) is 6.26. The van der Waals surface area contributed by atoms with Crippen molar-refractivity contribution in [2.24, 2.45) is 0 Å². The largest absolute Gasteiger partial charge is 0.309 e. The normalized spacial score (nSPS) is 11.1. The lowest BCUT2D eigenvalue weighted by Crippen LogP contribution is -1.96. The molecular formula is C25H17NO. The van der Waals surface area contributed by atoms with Gasteiger partial charge in [-0.15, -0.1) is 0 Å². The zero-order valence-corrected chi connectivity index (χ0v) is 14.7. The molecule has 2 nitrogen and oxygen atoms in total. The maximum Gasteiger partial charge on any atom is 0.150 e. The van der Waals surface area contributed by atoms with Gasteiger partial charge in [0.25, 0.3) is 0 Å². The summed E-state index contributed by atoms with van der Waals surface area (Å²) in [5, 5.41) is 3.42. The summed E-state index contributed by atoms with van der Waals surface area (Å²) in [6.45, 7) is 0. The highest BCUT2D eigenvalue weighted by Gasteiger charge is 2.12. The highest BCUT2D eigenvalue weighted by atomic mass is 16.1. The van der Waals surface area contributed by atoms with Crippen molar-refractivity contribution in [1.82, 2.24) is 4.57 Å². The van der Waals surface area contributed by atoms with E-state index in [0.29, 0.717) is 5.56 Å². The summed E-state index contributed by atoms with van der Waals surface area (Å²) in [6.07, 6.45) is 0.890. The summed E-state index contributed by atoms with van der Waals surface area (Å²) >= 11 is 0. The second-order valence-electron chi connectivity index (χ2n) is 6.70. The number of carbonyl (C=O) groups is 1. The van der Waals surface area contributed by atoms with Crippen molar-refractivity contribution in [2.45, 2.75) is 0 Å². The molecule has 5 aromatic rings. The van der Waals surface area contributed by atoms with Crippen LogP contribution >= 0.6 is 0 Å². The van der Waals surface area contributed by atoms with Crippen molar-refractivity contribution in [3.8, 4) is 16.9 Å². The Bertz CT molecular complexity index is 1280. The summed E-state index contributed by atoms with van der Waals surface area (Å²) in [5.74, 6) is 0. The number of fused-ring (bicyclic) bond motifs is 2. The van der Waals surface area contributed by atoms with Crippen LogP contribution in [0.2, 0.25) is 0 Å². The number of aldehydes is 1. The molecule has 0 N–H and O–H groups in total. The van der Waals surface area contributed by atoms with Gasteiger partial charge in [-0.25, -0.2) is 0 Å². The number of hydrogen-bond donors (Lipinski definition) is 0. The van der Waals surface area contributed by atoms with Gasteiger partial charge in [-0.05, 0) is 52.7 Å². The number of nitrogens with zero attached hydrogens (tertiary/aromatic N) is 1. The highest BCUT2D eigenvalue weighted by molar-refractivity contribution is 5.94. The smallest absolute Gasteiger partial charge is 0.150 e. The Hall–Kier alpha value is -3.65. The van der Waals surface area contributed by atoms with Crippen LogP contribution in [0.4, 0.5) is 0 Å². The monoisotopic (exact) mass is 347 g/mol. The van der Waals surface area contributed by atoms with E-state index in [0.717, 1.165) is 34.0 Å². The predicted octanol–water partition coefficient (Wildman–Crippen LogP) is 6.26. The maximum atomic E-state index is 11.0. The van der Waals surface area contributed by atoms with Crippen LogP contribution in [-0.4, -0.2) is 10.9 Å². The summed E-state index contributed by atoms with van der Waals surface area (Å²) < 4.78 is 2.30. The molecule has 0 unspecified atom stereocenters. The Balaban J connectivity index is 1.78. The fourth-order valence-corrected chi connectivity index (χ4v) is 3.72. The minimum atomic E-state index is 0.702. The van der Waals surface area contributed by atoms with E-state index in [2.05, 4.69) is 77.4 Å². The summed E-state index contributed by atoms with van der Waals surface area (Å²) in [7, 11) is 0. The fraction of sp³-hybridized carbons (Fsp3) is 0. The van der Waals surface area contributed by atoms with Crippen molar-refractivity contribution in [2.75, 3.05) is 0 Å². The zero-order chi connectivity index (χ0) is 18.2. The molecule has 1 aromatic heterocycles. The van der Waals surface area contributed by atoms with Crippen molar-refractivity contribution < 1.29 is 4.79 Å². The number of rotatable bonds is 3. The van der Waals surface area contributed by atoms with E-state index in [1.165, 1.54) is 10.9 Å². The molecular weight excluding hydrogens is 330 g/mol. The lowest BCUT2D eigenvalue weighted by molar-refractivity contribution is 0.112. The fourth-order valence-electron chi connectivity index (χ4n) is 3.72. The maximum absolute atomic E-state index is 11.0. The van der Waals surface area contributed by atoms with Crippen LogP contribution in [0.1, 0.15) is 10.4 Å². The van der Waals surface area contributed by atoms with E-state index < -0.39 is 0 Å². The lowest BCUT2D eigenvalue weighted by atomic mass is 10.0. The van der Waals surface area contributed by atoms with Crippen LogP contribution in [0.25, 0.3) is 38.6 Å². The van der Waals surface area contributed by atoms with Gasteiger partial charge < -0.3 is 4.57 Å². The van der Waals surface area contributed by atoms with Gasteiger partial charge in [0.1, 0.15) is 6.29 Å². The van der Waals surface area contributed by atoms with Crippen LogP contribution in [0, 0.1) is 0 Å². The average Bonchev–Trinajstić information content (AvgIpc) is 3.13. The van der Waals surface area contributed by atoms with E-state index >= 15 is 0 Å². The molecule has 0 amide bonds. The molecule has 0 aliphatic rings. The third kappa shape index (κ3) is 2.63. The molecule has 0 fully saturated rings. The van der Waals surface area contributed by atoms with Gasteiger partial charge in [0.05, 0.1) is 11.2 Å². The van der Waals surface area contributed by atoms with Gasteiger partial charge >= 0.3 is 0 Å². The number of para-hydroxylation sites is 2. The standard InChI is InChI=1S/C25H17NO/c27-17-18-10-11-20-15-22(13-12-19(20)14-18)25-16-21-6-4-5-9-24(21)26(25)23-7-2-1-3-8-23/h1-17H. The molecule has 128 valence electrons. The Kier molecular flexibility index (Phi) is 3.61. The molecule has 0 spiro atoms. The van der Waals surface area contributed by atoms with Crippen molar-refractivity contribution in [3.05, 3.63) is 103 Å². The molecule has 4 aromatic carbocycles. The summed E-state index contributed by atoms with van der Waals surface area (Å²) in [4.78, 5) is 11.0. The van der Waals surface area contributed by atoms with E-state index in [4.69, 9.17) is 0 Å². The molecule has 0 radical (unpaired) electrons. The highest BCUT2D eigenvalue weighted by Crippen LogP contribution is 2.33. The number of aromatic nitrogens is 1. The third-order valence-corrected chi connectivity index (χ3v) is 5.02. The minimum Gasteiger partial charge on any atom is -0.309 e. The molecule has 27 heavy (non-hydrogen) atoms. The molecule has 0 aliphatic carbocycles. The van der Waals surface area contributed by atoms with Crippen LogP contribution < -0.4 is 0 Å². The Labute approximate surface area is 157 Å². The number of carbonyl (C=O) groups excluding carboxylic acids is 1. The van der Waals surface area contributed by atoms with Crippen LogP contribution in [0.3, 0.4) is 0 Å². The summed E-state index contributed by atoms with van der Waals surface area (Å²) in [5.41, 5.74) is 5.35. The van der Waals surface area contributed by atoms with Crippen LogP contribution in [0.5, 0.6) is 0 Å². The minimum absolute atomic E-state index is 0.702. The summed E-state index contributed by atoms with van der Waals surface area (Å²) in [6, 6.07) is 33.3. The van der Waals surface area contributed by atoms with Crippen molar-refractivity contribution >= 4 is 28.0 Å². The molecule has 0 aliphatic heterocycles. The quantitative estimate of drug-likeness (QED) is 0.353. The van der Waals surface area contributed by atoms with E-state index in [1.807, 2.05) is 24.3 Å². The van der Waals surface area contributed by atoms with Gasteiger partial charge in [0, 0.05) is 16.6 Å². The Morgan fingerprint density at radius 2 is 1.37 bits per heavy atom. The predicted molar refractivity (Wildman–Crippen MR) is 112 cm³/mol. The Morgan fingerprint density at radius 3 is 2.22 bits per heavy atom.